The first-order valence-corrected chi connectivity index (χ1v) is 7.39. The van der Waals surface area contributed by atoms with E-state index in [4.69, 9.17) is 0 Å². The van der Waals surface area contributed by atoms with Crippen molar-refractivity contribution in [1.82, 2.24) is 10.2 Å². The number of benzene rings is 1. The van der Waals surface area contributed by atoms with Crippen LogP contribution in [-0.2, 0) is 11.3 Å². The molecule has 1 rings (SSSR count). The topological polar surface area (TPSA) is 32.3 Å². The van der Waals surface area contributed by atoms with E-state index in [1.165, 1.54) is 12.1 Å². The maximum Gasteiger partial charge on any atom is 0.234 e. The van der Waals surface area contributed by atoms with Crippen LogP contribution in [0.5, 0.6) is 0 Å². The van der Waals surface area contributed by atoms with Gasteiger partial charge in [0.05, 0.1) is 6.54 Å². The molecule has 0 atom stereocenters. The largest absolute Gasteiger partial charge is 0.355 e. The van der Waals surface area contributed by atoms with Gasteiger partial charge in [-0.25, -0.2) is 4.39 Å². The molecule has 0 aliphatic rings. The van der Waals surface area contributed by atoms with Gasteiger partial charge < -0.3 is 5.32 Å². The minimum absolute atomic E-state index is 0.0411. The average Bonchev–Trinajstić information content (AvgIpc) is 2.43. The van der Waals surface area contributed by atoms with Crippen LogP contribution in [0.2, 0.25) is 0 Å². The number of carbonyl (C=O) groups is 1. The van der Waals surface area contributed by atoms with Crippen molar-refractivity contribution < 1.29 is 9.18 Å². The number of unbranched alkanes of at least 4 members (excludes halogenated alkanes) is 2. The third kappa shape index (κ3) is 6.66. The molecule has 0 heterocycles. The Labute approximate surface area is 121 Å². The molecule has 0 saturated carbocycles. The van der Waals surface area contributed by atoms with E-state index in [9.17, 15) is 9.18 Å². The molecular weight excluding hydrogens is 255 g/mol. The molecule has 0 fully saturated rings. The van der Waals surface area contributed by atoms with Gasteiger partial charge in [-0.15, -0.1) is 0 Å². The molecule has 1 aromatic carbocycles. The lowest BCUT2D eigenvalue weighted by molar-refractivity contribution is -0.122. The third-order valence-electron chi connectivity index (χ3n) is 3.21. The monoisotopic (exact) mass is 280 g/mol. The Balaban J connectivity index is 2.37. The number of hydrogen-bond donors (Lipinski definition) is 1. The molecule has 0 aliphatic carbocycles. The summed E-state index contributed by atoms with van der Waals surface area (Å²) in [7, 11) is 0. The number of nitrogens with one attached hydrogen (secondary N) is 1. The summed E-state index contributed by atoms with van der Waals surface area (Å²) < 4.78 is 13.1. The van der Waals surface area contributed by atoms with E-state index >= 15 is 0 Å². The van der Waals surface area contributed by atoms with Gasteiger partial charge in [0.15, 0.2) is 0 Å². The van der Waals surface area contributed by atoms with Crippen LogP contribution in [-0.4, -0.2) is 30.4 Å². The molecule has 0 aromatic heterocycles. The normalized spacial score (nSPS) is 10.8. The van der Waals surface area contributed by atoms with Gasteiger partial charge in [-0.1, -0.05) is 38.8 Å². The van der Waals surface area contributed by atoms with Crippen molar-refractivity contribution in [2.24, 2.45) is 0 Å². The van der Waals surface area contributed by atoms with Gasteiger partial charge in [-0.05, 0) is 30.7 Å². The Hall–Kier alpha value is -1.42. The highest BCUT2D eigenvalue weighted by molar-refractivity contribution is 5.77. The van der Waals surface area contributed by atoms with Crippen LogP contribution in [0.4, 0.5) is 4.39 Å². The van der Waals surface area contributed by atoms with E-state index in [0.29, 0.717) is 13.1 Å². The molecule has 0 unspecified atom stereocenters. The number of rotatable bonds is 9. The summed E-state index contributed by atoms with van der Waals surface area (Å²) in [6.07, 6.45) is 3.32. The lowest BCUT2D eigenvalue weighted by atomic mass is 10.2. The Morgan fingerprint density at radius 2 is 2.10 bits per heavy atom. The molecule has 4 heteroatoms. The molecular formula is C16H25FN2O. The summed E-state index contributed by atoms with van der Waals surface area (Å²) in [5.74, 6) is -0.193. The van der Waals surface area contributed by atoms with E-state index in [-0.39, 0.29) is 11.7 Å². The van der Waals surface area contributed by atoms with Crippen LogP contribution in [0.15, 0.2) is 24.3 Å². The van der Waals surface area contributed by atoms with Crippen molar-refractivity contribution in [3.05, 3.63) is 35.6 Å². The summed E-state index contributed by atoms with van der Waals surface area (Å²) in [4.78, 5) is 13.8. The summed E-state index contributed by atoms with van der Waals surface area (Å²) >= 11 is 0. The van der Waals surface area contributed by atoms with E-state index < -0.39 is 0 Å². The SMILES string of the molecule is CCCCCNC(=O)CN(CC)Cc1cccc(F)c1. The van der Waals surface area contributed by atoms with Crippen molar-refractivity contribution in [2.75, 3.05) is 19.6 Å². The van der Waals surface area contributed by atoms with Gasteiger partial charge >= 0.3 is 0 Å². The molecule has 0 spiro atoms. The highest BCUT2D eigenvalue weighted by atomic mass is 19.1. The zero-order chi connectivity index (χ0) is 14.8. The zero-order valence-corrected chi connectivity index (χ0v) is 12.5. The fourth-order valence-corrected chi connectivity index (χ4v) is 2.03. The highest BCUT2D eigenvalue weighted by Crippen LogP contribution is 2.07. The number of amides is 1. The summed E-state index contributed by atoms with van der Waals surface area (Å²) in [6, 6.07) is 6.52. The zero-order valence-electron chi connectivity index (χ0n) is 12.5. The van der Waals surface area contributed by atoms with Gasteiger partial charge in [0, 0.05) is 13.1 Å². The number of nitrogens with zero attached hydrogens (tertiary/aromatic N) is 1. The van der Waals surface area contributed by atoms with Crippen LogP contribution in [0.25, 0.3) is 0 Å². The number of halogens is 1. The van der Waals surface area contributed by atoms with E-state index in [1.807, 2.05) is 17.9 Å². The van der Waals surface area contributed by atoms with Crippen LogP contribution >= 0.6 is 0 Å². The van der Waals surface area contributed by atoms with Crippen LogP contribution in [0, 0.1) is 5.82 Å². The summed E-state index contributed by atoms with van der Waals surface area (Å²) in [5.41, 5.74) is 0.894. The van der Waals surface area contributed by atoms with Crippen molar-refractivity contribution in [3.63, 3.8) is 0 Å². The predicted octanol–water partition coefficient (Wildman–Crippen LogP) is 2.95. The number of carbonyl (C=O) groups excluding carboxylic acids is 1. The maximum atomic E-state index is 13.1. The van der Waals surface area contributed by atoms with Gasteiger partial charge in [0.25, 0.3) is 0 Å². The second-order valence-electron chi connectivity index (χ2n) is 4.99. The molecule has 0 saturated heterocycles. The van der Waals surface area contributed by atoms with Crippen molar-refractivity contribution >= 4 is 5.91 Å². The molecule has 0 aliphatic heterocycles. The average molecular weight is 280 g/mol. The number of hydrogen-bond acceptors (Lipinski definition) is 2. The fourth-order valence-electron chi connectivity index (χ4n) is 2.03. The molecule has 0 radical (unpaired) electrons. The van der Waals surface area contributed by atoms with Gasteiger partial charge in [0.2, 0.25) is 5.91 Å². The molecule has 3 nitrogen and oxygen atoms in total. The van der Waals surface area contributed by atoms with Gasteiger partial charge in [-0.2, -0.15) is 0 Å². The third-order valence-corrected chi connectivity index (χ3v) is 3.21. The molecule has 0 bridgehead atoms. The van der Waals surface area contributed by atoms with E-state index in [0.717, 1.165) is 37.9 Å². The standard InChI is InChI=1S/C16H25FN2O/c1-3-5-6-10-18-16(20)13-19(4-2)12-14-8-7-9-15(17)11-14/h7-9,11H,3-6,10,12-13H2,1-2H3,(H,18,20). The lowest BCUT2D eigenvalue weighted by Crippen LogP contribution is -2.37. The van der Waals surface area contributed by atoms with Crippen molar-refractivity contribution in [1.29, 1.82) is 0 Å². The highest BCUT2D eigenvalue weighted by Gasteiger charge is 2.09. The number of likely N-dealkylation sites (N-methyl/N-ethyl adjacent to an activating group) is 1. The Morgan fingerprint density at radius 1 is 1.30 bits per heavy atom. The van der Waals surface area contributed by atoms with Crippen molar-refractivity contribution in [3.8, 4) is 0 Å². The fraction of sp³-hybridized carbons (Fsp3) is 0.562. The van der Waals surface area contributed by atoms with Crippen LogP contribution in [0.1, 0.15) is 38.7 Å². The second-order valence-corrected chi connectivity index (χ2v) is 4.99. The van der Waals surface area contributed by atoms with Gasteiger partial charge in [-0.3, -0.25) is 9.69 Å². The minimum atomic E-state index is -0.234. The molecule has 1 aromatic rings. The lowest BCUT2D eigenvalue weighted by Gasteiger charge is -2.20. The first kappa shape index (κ1) is 16.6. The summed E-state index contributed by atoms with van der Waals surface area (Å²) in [6.45, 7) is 6.60. The minimum Gasteiger partial charge on any atom is -0.355 e. The Kier molecular flexibility index (Phi) is 7.88. The van der Waals surface area contributed by atoms with E-state index in [1.54, 1.807) is 6.07 Å². The van der Waals surface area contributed by atoms with Crippen LogP contribution < -0.4 is 5.32 Å². The van der Waals surface area contributed by atoms with Crippen molar-refractivity contribution in [2.45, 2.75) is 39.7 Å². The first-order chi connectivity index (χ1) is 9.65. The maximum absolute atomic E-state index is 13.1. The van der Waals surface area contributed by atoms with Gasteiger partial charge in [0.1, 0.15) is 5.82 Å². The molecule has 1 N–H and O–H groups in total. The Morgan fingerprint density at radius 3 is 2.75 bits per heavy atom. The summed E-state index contributed by atoms with van der Waals surface area (Å²) in [5, 5.41) is 2.92. The Bertz CT molecular complexity index is 409. The molecule has 1 amide bonds. The first-order valence-electron chi connectivity index (χ1n) is 7.39. The quantitative estimate of drug-likeness (QED) is 0.705. The van der Waals surface area contributed by atoms with E-state index in [2.05, 4.69) is 12.2 Å². The molecule has 20 heavy (non-hydrogen) atoms. The van der Waals surface area contributed by atoms with Crippen LogP contribution in [0.3, 0.4) is 0 Å². The molecule has 112 valence electrons. The smallest absolute Gasteiger partial charge is 0.234 e. The second kappa shape index (κ2) is 9.48. The predicted molar refractivity (Wildman–Crippen MR) is 79.9 cm³/mol.